The molecule has 1 aromatic rings. The number of benzene rings is 1. The Labute approximate surface area is 175 Å². The van der Waals surface area contributed by atoms with Crippen molar-refractivity contribution in [1.82, 2.24) is 4.90 Å². The molecule has 1 fully saturated rings. The molecule has 26 heavy (non-hydrogen) atoms. The van der Waals surface area contributed by atoms with Gasteiger partial charge >= 0.3 is 5.97 Å². The van der Waals surface area contributed by atoms with Crippen molar-refractivity contribution in [3.63, 3.8) is 0 Å². The molecule has 1 aliphatic carbocycles. The van der Waals surface area contributed by atoms with Crippen molar-refractivity contribution in [1.29, 1.82) is 0 Å². The zero-order chi connectivity index (χ0) is 30.5. The van der Waals surface area contributed by atoms with Gasteiger partial charge in [-0.25, -0.2) is 4.79 Å². The molecular formula is C22H31NO3. The number of carbonyl (C=O) groups excluding carboxylic acids is 1. The third-order valence-corrected chi connectivity index (χ3v) is 3.69. The van der Waals surface area contributed by atoms with Crippen molar-refractivity contribution in [2.75, 3.05) is 26.2 Å². The van der Waals surface area contributed by atoms with Crippen LogP contribution >= 0.6 is 0 Å². The Kier molecular flexibility index (Phi) is 3.55. The number of carbonyl (C=O) groups is 1. The number of hydrogen-bond donors (Lipinski definition) is 1. The topological polar surface area (TPSA) is 49.8 Å². The number of nitrogens with zero attached hydrogens (tertiary/aromatic N) is 1. The lowest BCUT2D eigenvalue weighted by Gasteiger charge is -2.36. The van der Waals surface area contributed by atoms with Gasteiger partial charge in [0.1, 0.15) is 0 Å². The van der Waals surface area contributed by atoms with Crippen LogP contribution in [0.1, 0.15) is 69.1 Å². The van der Waals surface area contributed by atoms with Gasteiger partial charge in [-0.2, -0.15) is 0 Å². The molecule has 1 unspecified atom stereocenters. The van der Waals surface area contributed by atoms with E-state index in [9.17, 15) is 9.90 Å². The second kappa shape index (κ2) is 10.4. The zero-order valence-corrected chi connectivity index (χ0v) is 14.7. The standard InChI is InChI=1S/C22H31NO3/c1-3-23(4-2)17-11-12-18-26-21(24)22(25,19-13-7-5-8-14-19)20-15-9-6-10-16-20/h5,7-8,13-14,20,25H,3-4,6,9-10,15-18H2,1-2H3/i6D2,9D2,10D2,15D2,16D2,17D2,20D. The summed E-state index contributed by atoms with van der Waals surface area (Å²) in [4.78, 5) is 14.8. The predicted octanol–water partition coefficient (Wildman–Crippen LogP) is 3.34. The molecule has 1 aromatic carbocycles. The fraction of sp³-hybridized carbons (Fsp3) is 0.591. The molecule has 0 spiro atoms. The average Bonchev–Trinajstić information content (AvgIpc) is 2.85. The summed E-state index contributed by atoms with van der Waals surface area (Å²) in [5.74, 6) is -1.46. The fourth-order valence-corrected chi connectivity index (χ4v) is 2.22. The van der Waals surface area contributed by atoms with Gasteiger partial charge in [0.2, 0.25) is 0 Å². The van der Waals surface area contributed by atoms with Gasteiger partial charge in [-0.15, -0.1) is 0 Å². The van der Waals surface area contributed by atoms with Crippen molar-refractivity contribution >= 4 is 5.97 Å². The number of esters is 1. The van der Waals surface area contributed by atoms with Gasteiger partial charge in [0.05, 0.1) is 9.24 Å². The number of ether oxygens (including phenoxy) is 1. The van der Waals surface area contributed by atoms with E-state index in [0.29, 0.717) is 13.1 Å². The maximum absolute atomic E-state index is 13.5. The Balaban J connectivity index is 2.76. The largest absolute Gasteiger partial charge is 0.450 e. The van der Waals surface area contributed by atoms with E-state index in [1.165, 1.54) is 23.1 Å². The highest BCUT2D eigenvalue weighted by molar-refractivity contribution is 5.81. The highest BCUT2D eigenvalue weighted by Crippen LogP contribution is 2.40. The minimum Gasteiger partial charge on any atom is -0.450 e. The van der Waals surface area contributed by atoms with Crippen molar-refractivity contribution in [3.8, 4) is 11.8 Å². The van der Waals surface area contributed by atoms with Gasteiger partial charge in [0, 0.05) is 21.0 Å². The predicted molar refractivity (Wildman–Crippen MR) is 103 cm³/mol. The molecule has 1 N–H and O–H groups in total. The highest BCUT2D eigenvalue weighted by atomic mass is 16.5. The van der Waals surface area contributed by atoms with E-state index >= 15 is 0 Å². The molecule has 0 saturated heterocycles. The summed E-state index contributed by atoms with van der Waals surface area (Å²) in [5.41, 5.74) is -4.38. The summed E-state index contributed by atoms with van der Waals surface area (Å²) >= 11 is 0. The van der Waals surface area contributed by atoms with Gasteiger partial charge in [-0.1, -0.05) is 75.1 Å². The average molecular weight is 371 g/mol. The maximum Gasteiger partial charge on any atom is 0.344 e. The van der Waals surface area contributed by atoms with Gasteiger partial charge in [-0.05, 0) is 31.4 Å². The van der Waals surface area contributed by atoms with Crippen LogP contribution in [0.5, 0.6) is 0 Å². The first-order valence-corrected chi connectivity index (χ1v) is 8.21. The molecule has 0 amide bonds. The summed E-state index contributed by atoms with van der Waals surface area (Å²) < 4.78 is 113. The van der Waals surface area contributed by atoms with Crippen molar-refractivity contribution in [2.45, 2.75) is 51.3 Å². The van der Waals surface area contributed by atoms with Crippen LogP contribution in [-0.4, -0.2) is 42.2 Å². The number of aliphatic hydroxyl groups is 1. The van der Waals surface area contributed by atoms with E-state index in [0.717, 1.165) is 12.1 Å². The Morgan fingerprint density at radius 1 is 1.31 bits per heavy atom. The molecule has 0 heterocycles. The number of hydrogen-bond acceptors (Lipinski definition) is 4. The summed E-state index contributed by atoms with van der Waals surface area (Å²) in [6, 6.07) is 5.90. The molecule has 0 bridgehead atoms. The van der Waals surface area contributed by atoms with Crippen LogP contribution < -0.4 is 0 Å². The maximum atomic E-state index is 13.5. The van der Waals surface area contributed by atoms with Crippen molar-refractivity contribution < 1.29 is 32.5 Å². The summed E-state index contributed by atoms with van der Waals surface area (Å²) in [6.07, 6.45) is -19.8. The van der Waals surface area contributed by atoms with E-state index in [1.54, 1.807) is 13.8 Å². The zero-order valence-electron chi connectivity index (χ0n) is 27.7. The molecule has 0 aromatic heterocycles. The first kappa shape index (κ1) is 8.91. The Bertz CT molecular complexity index is 1100. The van der Waals surface area contributed by atoms with Gasteiger partial charge in [0.15, 0.2) is 12.2 Å². The monoisotopic (exact) mass is 370 g/mol. The fourth-order valence-electron chi connectivity index (χ4n) is 2.22. The lowest BCUT2D eigenvalue weighted by Crippen LogP contribution is -2.45. The summed E-state index contributed by atoms with van der Waals surface area (Å²) in [5, 5.41) is 11.8. The Hall–Kier alpha value is -1.83. The molecule has 0 aliphatic heterocycles. The van der Waals surface area contributed by atoms with E-state index in [4.69, 9.17) is 22.6 Å². The molecule has 1 atom stereocenters. The third kappa shape index (κ3) is 5.09. The molecule has 4 heteroatoms. The molecule has 142 valence electrons. The van der Waals surface area contributed by atoms with E-state index in [1.807, 2.05) is 0 Å². The second-order valence-electron chi connectivity index (χ2n) is 5.24. The first-order chi connectivity index (χ1) is 17.5. The van der Waals surface area contributed by atoms with Crippen LogP contribution in [0, 0.1) is 17.7 Å². The second-order valence-corrected chi connectivity index (χ2v) is 5.24. The lowest BCUT2D eigenvalue weighted by molar-refractivity contribution is -0.174. The molecule has 0 radical (unpaired) electrons. The van der Waals surface area contributed by atoms with E-state index in [2.05, 4.69) is 11.8 Å². The Morgan fingerprint density at radius 2 is 1.96 bits per heavy atom. The normalized spacial score (nSPS) is 36.1. The molecule has 1 aliphatic rings. The SMILES string of the molecule is [2H]C([2H])(C#CCOC(=O)C(O)(c1ccccc1)C1([2H])C([2H])([2H])C([2H])([2H])C([2H])([2H])C([2H])([2H])C1([2H])[2H])N(CC)CC. The number of rotatable bonds is 7. The first-order valence-electron chi connectivity index (χ1n) is 14.7. The van der Waals surface area contributed by atoms with Crippen LogP contribution in [0.15, 0.2) is 30.3 Å². The third-order valence-electron chi connectivity index (χ3n) is 3.69. The van der Waals surface area contributed by atoms with Crippen LogP contribution in [0.4, 0.5) is 0 Å². The van der Waals surface area contributed by atoms with Crippen LogP contribution in [0.2, 0.25) is 0 Å². The van der Waals surface area contributed by atoms with Gasteiger partial charge in [0.25, 0.3) is 0 Å². The molecule has 1 saturated carbocycles. The highest BCUT2D eigenvalue weighted by Gasteiger charge is 2.46. The molecule has 4 nitrogen and oxygen atoms in total. The summed E-state index contributed by atoms with van der Waals surface area (Å²) in [7, 11) is 0. The van der Waals surface area contributed by atoms with Crippen molar-refractivity contribution in [3.05, 3.63) is 35.9 Å². The van der Waals surface area contributed by atoms with Gasteiger partial charge < -0.3 is 9.84 Å². The van der Waals surface area contributed by atoms with Crippen molar-refractivity contribution in [2.24, 2.45) is 5.89 Å². The lowest BCUT2D eigenvalue weighted by atomic mass is 9.73. The molecule has 2 rings (SSSR count). The molecular weight excluding hydrogens is 326 g/mol. The van der Waals surface area contributed by atoms with E-state index < -0.39 is 68.0 Å². The minimum absolute atomic E-state index is 0.300. The smallest absolute Gasteiger partial charge is 0.344 e. The van der Waals surface area contributed by atoms with E-state index in [-0.39, 0.29) is 0 Å². The van der Waals surface area contributed by atoms with Gasteiger partial charge in [-0.3, -0.25) is 4.90 Å². The van der Waals surface area contributed by atoms with Crippen LogP contribution in [0.3, 0.4) is 0 Å². The van der Waals surface area contributed by atoms with Crippen LogP contribution in [0.25, 0.3) is 0 Å². The van der Waals surface area contributed by atoms with Crippen LogP contribution in [-0.2, 0) is 15.1 Å². The Morgan fingerprint density at radius 3 is 2.58 bits per heavy atom. The quantitative estimate of drug-likeness (QED) is 0.591. The minimum atomic E-state index is -4.08. The summed E-state index contributed by atoms with van der Waals surface area (Å²) in [6.45, 7) is 0.949.